The van der Waals surface area contributed by atoms with Gasteiger partial charge in [0.1, 0.15) is 0 Å². The van der Waals surface area contributed by atoms with Crippen LogP contribution in [0.15, 0.2) is 48.5 Å². The largest absolute Gasteiger partial charge is 0.416 e. The molecule has 3 rings (SSSR count). The van der Waals surface area contributed by atoms with E-state index in [1.165, 1.54) is 5.56 Å². The maximum absolute atomic E-state index is 12.6. The number of piperidine rings is 1. The number of nitrogens with one attached hydrogen (secondary N) is 2. The zero-order valence-corrected chi connectivity index (χ0v) is 18.2. The van der Waals surface area contributed by atoms with Crippen molar-refractivity contribution < 1.29 is 22.8 Å². The van der Waals surface area contributed by atoms with Gasteiger partial charge in [-0.05, 0) is 67.9 Å². The average Bonchev–Trinajstić information content (AvgIpc) is 2.78. The molecule has 0 unspecified atom stereocenters. The quantitative estimate of drug-likeness (QED) is 0.602. The van der Waals surface area contributed by atoms with Crippen molar-refractivity contribution in [2.24, 2.45) is 5.92 Å². The summed E-state index contributed by atoms with van der Waals surface area (Å²) in [5.41, 5.74) is 0.513. The molecule has 2 aromatic rings. The lowest BCUT2D eigenvalue weighted by Gasteiger charge is -2.31. The maximum atomic E-state index is 12.6. The van der Waals surface area contributed by atoms with Crippen molar-refractivity contribution in [3.05, 3.63) is 70.2 Å². The van der Waals surface area contributed by atoms with Gasteiger partial charge in [-0.1, -0.05) is 23.7 Å². The smallest absolute Gasteiger partial charge is 0.354 e. The molecule has 2 amide bonds. The van der Waals surface area contributed by atoms with Gasteiger partial charge in [0.15, 0.2) is 0 Å². The Bertz CT molecular complexity index is 910. The first-order chi connectivity index (χ1) is 15.2. The Morgan fingerprint density at radius 1 is 0.938 bits per heavy atom. The molecule has 0 aliphatic carbocycles. The number of rotatable bonds is 7. The summed E-state index contributed by atoms with van der Waals surface area (Å²) in [4.78, 5) is 26.7. The second-order valence-electron chi connectivity index (χ2n) is 7.80. The molecule has 2 N–H and O–H groups in total. The number of benzene rings is 2. The van der Waals surface area contributed by atoms with Crippen molar-refractivity contribution >= 4 is 23.4 Å². The number of carbonyl (C=O) groups is 2. The fourth-order valence-electron chi connectivity index (χ4n) is 3.62. The van der Waals surface area contributed by atoms with Gasteiger partial charge in [0.05, 0.1) is 5.56 Å². The number of carbonyl (C=O) groups excluding carboxylic acids is 2. The standard InChI is InChI=1S/C23H25ClF3N3O2/c24-20-7-1-16(2-8-20)15-30-13-9-18(10-14-30)22(32)29-12-11-28-21(31)17-3-5-19(6-4-17)23(25,26)27/h1-8,18H,9-15H2,(H,28,31)(H,29,32). The summed E-state index contributed by atoms with van der Waals surface area (Å²) in [6, 6.07) is 11.7. The number of hydrogen-bond donors (Lipinski definition) is 2. The van der Waals surface area contributed by atoms with Crippen LogP contribution in [0.4, 0.5) is 13.2 Å². The van der Waals surface area contributed by atoms with Gasteiger partial charge in [0, 0.05) is 36.1 Å². The summed E-state index contributed by atoms with van der Waals surface area (Å²) in [7, 11) is 0. The molecule has 0 radical (unpaired) electrons. The Morgan fingerprint density at radius 2 is 1.53 bits per heavy atom. The van der Waals surface area contributed by atoms with Crippen LogP contribution in [0.1, 0.15) is 34.3 Å². The molecule has 172 valence electrons. The molecule has 1 aliphatic rings. The molecular formula is C23H25ClF3N3O2. The van der Waals surface area contributed by atoms with Gasteiger partial charge in [-0.2, -0.15) is 13.2 Å². The predicted octanol–water partition coefficient (Wildman–Crippen LogP) is 4.12. The van der Waals surface area contributed by atoms with Gasteiger partial charge in [-0.3, -0.25) is 14.5 Å². The number of alkyl halides is 3. The van der Waals surface area contributed by atoms with Gasteiger partial charge in [0.2, 0.25) is 5.91 Å². The Balaban J connectivity index is 1.34. The van der Waals surface area contributed by atoms with E-state index in [4.69, 9.17) is 11.6 Å². The van der Waals surface area contributed by atoms with Crippen LogP contribution in [0.2, 0.25) is 5.02 Å². The van der Waals surface area contributed by atoms with Gasteiger partial charge in [-0.25, -0.2) is 0 Å². The lowest BCUT2D eigenvalue weighted by molar-refractivity contribution is -0.137. The highest BCUT2D eigenvalue weighted by molar-refractivity contribution is 6.30. The van der Waals surface area contributed by atoms with E-state index in [1.54, 1.807) is 0 Å². The Hall–Kier alpha value is -2.58. The molecule has 0 aromatic heterocycles. The first kappa shape index (κ1) is 24.1. The van der Waals surface area contributed by atoms with Crippen LogP contribution in [-0.4, -0.2) is 42.9 Å². The molecule has 9 heteroatoms. The number of halogens is 4. The first-order valence-corrected chi connectivity index (χ1v) is 10.8. The van der Waals surface area contributed by atoms with Crippen LogP contribution < -0.4 is 10.6 Å². The normalized spacial score (nSPS) is 15.4. The lowest BCUT2D eigenvalue weighted by Crippen LogP contribution is -2.42. The molecule has 32 heavy (non-hydrogen) atoms. The van der Waals surface area contributed by atoms with E-state index in [0.717, 1.165) is 56.7 Å². The van der Waals surface area contributed by atoms with E-state index in [1.807, 2.05) is 24.3 Å². The second-order valence-corrected chi connectivity index (χ2v) is 8.24. The van der Waals surface area contributed by atoms with Gasteiger partial charge >= 0.3 is 6.18 Å². The van der Waals surface area contributed by atoms with Crippen LogP contribution in [0.3, 0.4) is 0 Å². The average molecular weight is 468 g/mol. The molecule has 1 heterocycles. The van der Waals surface area contributed by atoms with E-state index < -0.39 is 17.6 Å². The molecule has 0 bridgehead atoms. The number of likely N-dealkylation sites (tertiary alicyclic amines) is 1. The minimum atomic E-state index is -4.44. The van der Waals surface area contributed by atoms with Crippen molar-refractivity contribution in [1.82, 2.24) is 15.5 Å². The Labute approximate surface area is 189 Å². The Morgan fingerprint density at radius 3 is 2.12 bits per heavy atom. The van der Waals surface area contributed by atoms with Gasteiger partial charge in [-0.15, -0.1) is 0 Å². The topological polar surface area (TPSA) is 61.4 Å². The molecule has 0 spiro atoms. The third kappa shape index (κ3) is 6.97. The summed E-state index contributed by atoms with van der Waals surface area (Å²) in [5, 5.41) is 6.13. The fraction of sp³-hybridized carbons (Fsp3) is 0.391. The van der Waals surface area contributed by atoms with Crippen LogP contribution in [0.25, 0.3) is 0 Å². The zero-order chi connectivity index (χ0) is 23.1. The van der Waals surface area contributed by atoms with Gasteiger partial charge in [0.25, 0.3) is 5.91 Å². The van der Waals surface area contributed by atoms with Crippen molar-refractivity contribution in [1.29, 1.82) is 0 Å². The lowest BCUT2D eigenvalue weighted by atomic mass is 9.95. The van der Waals surface area contributed by atoms with Crippen molar-refractivity contribution in [2.75, 3.05) is 26.2 Å². The fourth-order valence-corrected chi connectivity index (χ4v) is 3.75. The van der Waals surface area contributed by atoms with E-state index in [0.29, 0.717) is 5.02 Å². The minimum Gasteiger partial charge on any atom is -0.354 e. The molecule has 1 fully saturated rings. The van der Waals surface area contributed by atoms with E-state index in [9.17, 15) is 22.8 Å². The molecule has 0 saturated carbocycles. The third-order valence-electron chi connectivity index (χ3n) is 5.46. The molecule has 0 atom stereocenters. The second kappa shape index (κ2) is 10.8. The summed E-state index contributed by atoms with van der Waals surface area (Å²) >= 11 is 5.91. The Kier molecular flexibility index (Phi) is 8.15. The van der Waals surface area contributed by atoms with Crippen LogP contribution >= 0.6 is 11.6 Å². The SMILES string of the molecule is O=C(NCCNC(=O)C1CCN(Cc2ccc(Cl)cc2)CC1)c1ccc(C(F)(F)F)cc1. The molecule has 2 aromatic carbocycles. The maximum Gasteiger partial charge on any atom is 0.416 e. The van der Waals surface area contributed by atoms with Crippen molar-refractivity contribution in [3.8, 4) is 0 Å². The van der Waals surface area contributed by atoms with Gasteiger partial charge < -0.3 is 10.6 Å². The molecule has 1 saturated heterocycles. The van der Waals surface area contributed by atoms with E-state index in [-0.39, 0.29) is 30.5 Å². The summed E-state index contributed by atoms with van der Waals surface area (Å²) < 4.78 is 37.7. The van der Waals surface area contributed by atoms with Crippen LogP contribution in [-0.2, 0) is 17.5 Å². The molecule has 1 aliphatic heterocycles. The van der Waals surface area contributed by atoms with E-state index in [2.05, 4.69) is 15.5 Å². The highest BCUT2D eigenvalue weighted by Gasteiger charge is 2.30. The first-order valence-electron chi connectivity index (χ1n) is 10.4. The highest BCUT2D eigenvalue weighted by Crippen LogP contribution is 2.29. The zero-order valence-electron chi connectivity index (χ0n) is 17.4. The monoisotopic (exact) mass is 467 g/mol. The van der Waals surface area contributed by atoms with Crippen molar-refractivity contribution in [3.63, 3.8) is 0 Å². The molecular weight excluding hydrogens is 443 g/mol. The van der Waals surface area contributed by atoms with Crippen LogP contribution in [0.5, 0.6) is 0 Å². The van der Waals surface area contributed by atoms with E-state index >= 15 is 0 Å². The highest BCUT2D eigenvalue weighted by atomic mass is 35.5. The molecule has 5 nitrogen and oxygen atoms in total. The predicted molar refractivity (Wildman–Crippen MR) is 116 cm³/mol. The van der Waals surface area contributed by atoms with Crippen LogP contribution in [0, 0.1) is 5.92 Å². The number of nitrogens with zero attached hydrogens (tertiary/aromatic N) is 1. The number of amides is 2. The summed E-state index contributed by atoms with van der Waals surface area (Å²) in [6.45, 7) is 2.93. The number of hydrogen-bond acceptors (Lipinski definition) is 3. The minimum absolute atomic E-state index is 0.0417. The third-order valence-corrected chi connectivity index (χ3v) is 5.71. The summed E-state index contributed by atoms with van der Waals surface area (Å²) in [5.74, 6) is -0.592. The van der Waals surface area contributed by atoms with Crippen molar-refractivity contribution in [2.45, 2.75) is 25.6 Å². The summed E-state index contributed by atoms with van der Waals surface area (Å²) in [6.07, 6.45) is -2.92.